The molecule has 0 saturated carbocycles. The number of nitrogens with zero attached hydrogens (tertiary/aromatic N) is 1. The number of halogens is 5. The fraction of sp³-hybridized carbons (Fsp3) is 0.0833. The molecule has 0 spiro atoms. The lowest BCUT2D eigenvalue weighted by molar-refractivity contribution is -0.274. The summed E-state index contributed by atoms with van der Waals surface area (Å²) in [5.41, 5.74) is -0.335. The number of pyridine rings is 1. The molecule has 2 rings (SSSR count). The first-order valence-corrected chi connectivity index (χ1v) is 5.03. The highest BCUT2D eigenvalue weighted by molar-refractivity contribution is 5.64. The fourth-order valence-corrected chi connectivity index (χ4v) is 1.49. The summed E-state index contributed by atoms with van der Waals surface area (Å²) in [5, 5.41) is 0. The lowest BCUT2D eigenvalue weighted by Gasteiger charge is -2.09. The van der Waals surface area contributed by atoms with Crippen LogP contribution in [0, 0.1) is 11.8 Å². The van der Waals surface area contributed by atoms with Crippen LogP contribution in [0.3, 0.4) is 0 Å². The third-order valence-corrected chi connectivity index (χ3v) is 2.23. The van der Waals surface area contributed by atoms with E-state index in [1.807, 2.05) is 0 Å². The highest BCUT2D eigenvalue weighted by atomic mass is 19.4. The van der Waals surface area contributed by atoms with Crippen molar-refractivity contribution in [3.8, 4) is 16.9 Å². The Labute approximate surface area is 104 Å². The van der Waals surface area contributed by atoms with E-state index in [0.29, 0.717) is 0 Å². The molecule has 0 aliphatic carbocycles. The van der Waals surface area contributed by atoms with E-state index in [-0.39, 0.29) is 5.56 Å². The number of ether oxygens (including phenoxy) is 1. The van der Waals surface area contributed by atoms with E-state index < -0.39 is 29.4 Å². The fourth-order valence-electron chi connectivity index (χ4n) is 1.49. The topological polar surface area (TPSA) is 22.1 Å². The number of hydrogen-bond donors (Lipinski definition) is 0. The predicted molar refractivity (Wildman–Crippen MR) is 56.3 cm³/mol. The highest BCUT2D eigenvalue weighted by Gasteiger charge is 2.31. The maximum Gasteiger partial charge on any atom is 0.573 e. The number of benzene rings is 1. The second-order valence-electron chi connectivity index (χ2n) is 3.53. The largest absolute Gasteiger partial charge is 0.573 e. The molecule has 2 nitrogen and oxygen atoms in total. The van der Waals surface area contributed by atoms with Gasteiger partial charge in [0, 0.05) is 6.20 Å². The van der Waals surface area contributed by atoms with Gasteiger partial charge in [0.15, 0.2) is 0 Å². The minimum Gasteiger partial charge on any atom is -0.406 e. The average molecular weight is 275 g/mol. The zero-order chi connectivity index (χ0) is 14.0. The van der Waals surface area contributed by atoms with Crippen molar-refractivity contribution in [2.24, 2.45) is 0 Å². The van der Waals surface area contributed by atoms with Gasteiger partial charge in [-0.25, -0.2) is 9.37 Å². The maximum absolute atomic E-state index is 13.4. The van der Waals surface area contributed by atoms with Crippen LogP contribution in [0.15, 0.2) is 36.5 Å². The van der Waals surface area contributed by atoms with Gasteiger partial charge in [-0.05, 0) is 23.8 Å². The van der Waals surface area contributed by atoms with Crippen molar-refractivity contribution in [3.05, 3.63) is 48.3 Å². The average Bonchev–Trinajstić information content (AvgIpc) is 2.29. The molecule has 0 bridgehead atoms. The number of alkyl halides is 3. The lowest BCUT2D eigenvalue weighted by Crippen LogP contribution is -2.16. The molecule has 0 aliphatic rings. The molecule has 0 fully saturated rings. The first-order valence-electron chi connectivity index (χ1n) is 5.03. The second kappa shape index (κ2) is 4.83. The Balaban J connectivity index is 2.33. The summed E-state index contributed by atoms with van der Waals surface area (Å²) in [7, 11) is 0. The summed E-state index contributed by atoms with van der Waals surface area (Å²) >= 11 is 0. The Bertz CT molecular complexity index is 559. The smallest absolute Gasteiger partial charge is 0.406 e. The summed E-state index contributed by atoms with van der Waals surface area (Å²) in [5.74, 6) is -2.36. The van der Waals surface area contributed by atoms with Gasteiger partial charge in [0.05, 0.1) is 5.56 Å². The molecule has 100 valence electrons. The zero-order valence-electron chi connectivity index (χ0n) is 9.21. The summed E-state index contributed by atoms with van der Waals surface area (Å²) < 4.78 is 66.2. The molecule has 0 aliphatic heterocycles. The molecule has 0 amide bonds. The van der Waals surface area contributed by atoms with Crippen LogP contribution in [-0.2, 0) is 0 Å². The van der Waals surface area contributed by atoms with Gasteiger partial charge in [-0.3, -0.25) is 0 Å². The standard InChI is InChI=1S/C12H6F5NO/c13-9-5-6-18-11(14)10(9)7-1-3-8(4-2-7)19-12(15,16)17/h1-6H. The van der Waals surface area contributed by atoms with Crippen LogP contribution < -0.4 is 4.74 Å². The van der Waals surface area contributed by atoms with E-state index in [1.165, 1.54) is 0 Å². The summed E-state index contributed by atoms with van der Waals surface area (Å²) in [6.45, 7) is 0. The third kappa shape index (κ3) is 3.18. The molecule has 7 heteroatoms. The van der Waals surface area contributed by atoms with Gasteiger partial charge in [-0.15, -0.1) is 13.2 Å². The van der Waals surface area contributed by atoms with E-state index in [2.05, 4.69) is 9.72 Å². The Morgan fingerprint density at radius 2 is 1.58 bits per heavy atom. The van der Waals surface area contributed by atoms with Crippen LogP contribution in [0.1, 0.15) is 0 Å². The van der Waals surface area contributed by atoms with Crippen molar-refractivity contribution in [3.63, 3.8) is 0 Å². The summed E-state index contributed by atoms with van der Waals surface area (Å²) in [4.78, 5) is 3.28. The van der Waals surface area contributed by atoms with E-state index >= 15 is 0 Å². The Kier molecular flexibility index (Phi) is 3.37. The van der Waals surface area contributed by atoms with Gasteiger partial charge >= 0.3 is 6.36 Å². The quantitative estimate of drug-likeness (QED) is 0.612. The monoisotopic (exact) mass is 275 g/mol. The van der Waals surface area contributed by atoms with Crippen LogP contribution >= 0.6 is 0 Å². The minimum absolute atomic E-state index is 0.0672. The van der Waals surface area contributed by atoms with Crippen molar-refractivity contribution in [2.75, 3.05) is 0 Å². The van der Waals surface area contributed by atoms with E-state index in [9.17, 15) is 22.0 Å². The molecular formula is C12H6F5NO. The molecule has 19 heavy (non-hydrogen) atoms. The predicted octanol–water partition coefficient (Wildman–Crippen LogP) is 3.93. The molecule has 0 unspecified atom stereocenters. The number of hydrogen-bond acceptors (Lipinski definition) is 2. The van der Waals surface area contributed by atoms with E-state index in [0.717, 1.165) is 36.5 Å². The van der Waals surface area contributed by atoms with Gasteiger partial charge < -0.3 is 4.74 Å². The molecule has 0 saturated heterocycles. The van der Waals surface area contributed by atoms with Crippen molar-refractivity contribution < 1.29 is 26.7 Å². The van der Waals surface area contributed by atoms with Gasteiger partial charge in [0.1, 0.15) is 11.6 Å². The second-order valence-corrected chi connectivity index (χ2v) is 3.53. The van der Waals surface area contributed by atoms with Gasteiger partial charge in [0.25, 0.3) is 0 Å². The normalized spacial score (nSPS) is 11.4. The van der Waals surface area contributed by atoms with Gasteiger partial charge in [0.2, 0.25) is 5.95 Å². The molecule has 0 atom stereocenters. The van der Waals surface area contributed by atoms with Crippen LogP contribution in [-0.4, -0.2) is 11.3 Å². The summed E-state index contributed by atoms with van der Waals surface area (Å²) in [6, 6.07) is 5.12. The first kappa shape index (κ1) is 13.3. The molecular weight excluding hydrogens is 269 g/mol. The number of aromatic nitrogens is 1. The Morgan fingerprint density at radius 1 is 0.947 bits per heavy atom. The SMILES string of the molecule is Fc1ccnc(F)c1-c1ccc(OC(F)(F)F)cc1. The van der Waals surface area contributed by atoms with Crippen molar-refractivity contribution >= 4 is 0 Å². The van der Waals surface area contributed by atoms with Crippen LogP contribution in [0.5, 0.6) is 5.75 Å². The molecule has 0 N–H and O–H groups in total. The van der Waals surface area contributed by atoms with Crippen molar-refractivity contribution in [2.45, 2.75) is 6.36 Å². The molecule has 1 aromatic carbocycles. The Morgan fingerprint density at radius 3 is 2.11 bits per heavy atom. The molecule has 1 aromatic heterocycles. The van der Waals surface area contributed by atoms with E-state index in [1.54, 1.807) is 0 Å². The zero-order valence-corrected chi connectivity index (χ0v) is 9.21. The minimum atomic E-state index is -4.81. The highest BCUT2D eigenvalue weighted by Crippen LogP contribution is 2.28. The third-order valence-electron chi connectivity index (χ3n) is 2.23. The van der Waals surface area contributed by atoms with Gasteiger partial charge in [-0.2, -0.15) is 4.39 Å². The maximum atomic E-state index is 13.4. The summed E-state index contributed by atoms with van der Waals surface area (Å²) in [6.07, 6.45) is -3.86. The molecule has 2 aromatic rings. The van der Waals surface area contributed by atoms with Crippen LogP contribution in [0.25, 0.3) is 11.1 Å². The van der Waals surface area contributed by atoms with E-state index in [4.69, 9.17) is 0 Å². The van der Waals surface area contributed by atoms with Crippen molar-refractivity contribution in [1.82, 2.24) is 4.98 Å². The number of rotatable bonds is 2. The molecule has 0 radical (unpaired) electrons. The van der Waals surface area contributed by atoms with Crippen LogP contribution in [0.2, 0.25) is 0 Å². The lowest BCUT2D eigenvalue weighted by atomic mass is 10.1. The molecule has 1 heterocycles. The Hall–Kier alpha value is -2.18. The van der Waals surface area contributed by atoms with Crippen molar-refractivity contribution in [1.29, 1.82) is 0 Å². The van der Waals surface area contributed by atoms with Crippen LogP contribution in [0.4, 0.5) is 22.0 Å². The first-order chi connectivity index (χ1) is 8.87. The van der Waals surface area contributed by atoms with Gasteiger partial charge in [-0.1, -0.05) is 12.1 Å².